The number of benzene rings is 1. The van der Waals surface area contributed by atoms with E-state index in [2.05, 4.69) is 15.2 Å². The van der Waals surface area contributed by atoms with Crippen molar-refractivity contribution in [2.45, 2.75) is 25.5 Å². The van der Waals surface area contributed by atoms with E-state index in [-0.39, 0.29) is 12.7 Å². The Bertz CT molecular complexity index is 1090. The van der Waals surface area contributed by atoms with Crippen LogP contribution >= 0.6 is 22.9 Å². The van der Waals surface area contributed by atoms with Crippen molar-refractivity contribution in [1.82, 2.24) is 15.2 Å². The molecule has 0 unspecified atom stereocenters. The molecule has 35 heavy (non-hydrogen) atoms. The molecule has 1 aromatic heterocycles. The number of carbonyl (C=O) groups excluding carboxylic acids is 2. The van der Waals surface area contributed by atoms with E-state index in [0.29, 0.717) is 72.9 Å². The highest BCUT2D eigenvalue weighted by molar-refractivity contribution is 7.11. The summed E-state index contributed by atoms with van der Waals surface area (Å²) in [6.45, 7) is 5.06. The third kappa shape index (κ3) is 6.26. The number of amidine groups is 1. The third-order valence-electron chi connectivity index (χ3n) is 5.69. The standard InChI is InChI=1S/C24H27ClN4O5S/c1-2-33-24(31)20-19(14-29-9-11-34-16(13-29)7-10-32-15-30)27-22(23-26-8-12-35-23)28-21(20)17-5-3-4-6-18(17)25/h3-6,8,12,15-16,21H,2,7,9-11,13-14H2,1H3,(H,27,28)/t16-,21+/m1/s1. The first-order valence-electron chi connectivity index (χ1n) is 11.4. The zero-order chi connectivity index (χ0) is 24.6. The van der Waals surface area contributed by atoms with Crippen molar-refractivity contribution >= 4 is 41.2 Å². The molecule has 2 aromatic rings. The molecule has 186 valence electrons. The molecule has 2 aliphatic rings. The maximum Gasteiger partial charge on any atom is 0.338 e. The Labute approximate surface area is 212 Å². The minimum absolute atomic E-state index is 0.0783. The first kappa shape index (κ1) is 25.3. The summed E-state index contributed by atoms with van der Waals surface area (Å²) in [5, 5.41) is 6.47. The molecule has 2 aliphatic heterocycles. The van der Waals surface area contributed by atoms with Gasteiger partial charge in [-0.05, 0) is 13.0 Å². The minimum Gasteiger partial charge on any atom is -0.468 e. The van der Waals surface area contributed by atoms with Gasteiger partial charge in [0.05, 0.1) is 31.5 Å². The summed E-state index contributed by atoms with van der Waals surface area (Å²) in [5.74, 6) is 0.142. The van der Waals surface area contributed by atoms with Gasteiger partial charge in [-0.15, -0.1) is 11.3 Å². The zero-order valence-corrected chi connectivity index (χ0v) is 20.9. The molecule has 3 heterocycles. The van der Waals surface area contributed by atoms with E-state index in [1.165, 1.54) is 11.3 Å². The van der Waals surface area contributed by atoms with Gasteiger partial charge in [-0.25, -0.2) is 9.78 Å². The molecule has 0 amide bonds. The van der Waals surface area contributed by atoms with Crippen LogP contribution in [0.2, 0.25) is 5.02 Å². The highest BCUT2D eigenvalue weighted by Gasteiger charge is 2.35. The number of nitrogens with zero attached hydrogens (tertiary/aromatic N) is 3. The molecule has 4 rings (SSSR count). The molecule has 0 spiro atoms. The van der Waals surface area contributed by atoms with Crippen LogP contribution in [-0.4, -0.2) is 73.7 Å². The Hall–Kier alpha value is -2.79. The molecule has 2 atom stereocenters. The predicted molar refractivity (Wildman–Crippen MR) is 132 cm³/mol. The number of hydrogen-bond donors (Lipinski definition) is 1. The molecule has 9 nitrogen and oxygen atoms in total. The van der Waals surface area contributed by atoms with Gasteiger partial charge in [0.2, 0.25) is 0 Å². The van der Waals surface area contributed by atoms with Crippen molar-refractivity contribution in [2.75, 3.05) is 39.5 Å². The van der Waals surface area contributed by atoms with E-state index in [1.807, 2.05) is 23.6 Å². The van der Waals surface area contributed by atoms with Gasteiger partial charge in [0.1, 0.15) is 6.04 Å². The SMILES string of the molecule is CCOC(=O)C1=C(CN2CCO[C@H](CCOC=O)C2)NC(c2nccs2)=N[C@H]1c1ccccc1Cl. The van der Waals surface area contributed by atoms with Gasteiger partial charge >= 0.3 is 5.97 Å². The first-order valence-corrected chi connectivity index (χ1v) is 12.6. The number of ether oxygens (including phenoxy) is 3. The number of hydrogen-bond acceptors (Lipinski definition) is 10. The van der Waals surface area contributed by atoms with Crippen LogP contribution < -0.4 is 5.32 Å². The highest BCUT2D eigenvalue weighted by atomic mass is 35.5. The lowest BCUT2D eigenvalue weighted by atomic mass is 9.95. The topological polar surface area (TPSA) is 102 Å². The molecule has 1 aromatic carbocycles. The van der Waals surface area contributed by atoms with Gasteiger partial charge < -0.3 is 19.5 Å². The third-order valence-corrected chi connectivity index (χ3v) is 6.81. The maximum absolute atomic E-state index is 13.2. The lowest BCUT2D eigenvalue weighted by Crippen LogP contribution is -2.46. The molecule has 1 N–H and O–H groups in total. The number of esters is 1. The number of rotatable bonds is 10. The van der Waals surface area contributed by atoms with Gasteiger partial charge in [0.15, 0.2) is 10.8 Å². The fourth-order valence-electron chi connectivity index (χ4n) is 4.11. The number of aromatic nitrogens is 1. The van der Waals surface area contributed by atoms with E-state index in [0.717, 1.165) is 5.56 Å². The maximum atomic E-state index is 13.2. The second kappa shape index (κ2) is 12.3. The van der Waals surface area contributed by atoms with Crippen molar-refractivity contribution in [3.05, 3.63) is 62.7 Å². The molecule has 0 bridgehead atoms. The predicted octanol–water partition coefficient (Wildman–Crippen LogP) is 2.97. The number of morpholine rings is 1. The van der Waals surface area contributed by atoms with E-state index in [9.17, 15) is 9.59 Å². The quantitative estimate of drug-likeness (QED) is 0.291. The van der Waals surface area contributed by atoms with Crippen LogP contribution in [0.3, 0.4) is 0 Å². The largest absolute Gasteiger partial charge is 0.468 e. The fourth-order valence-corrected chi connectivity index (χ4v) is 4.94. The van der Waals surface area contributed by atoms with Crippen molar-refractivity contribution in [3.8, 4) is 0 Å². The van der Waals surface area contributed by atoms with Gasteiger partial charge in [0, 0.05) is 53.9 Å². The Balaban J connectivity index is 1.68. The minimum atomic E-state index is -0.643. The first-order chi connectivity index (χ1) is 17.1. The van der Waals surface area contributed by atoms with Crippen LogP contribution in [0.15, 0.2) is 52.1 Å². The van der Waals surface area contributed by atoms with Crippen molar-refractivity contribution < 1.29 is 23.8 Å². The highest BCUT2D eigenvalue weighted by Crippen LogP contribution is 2.36. The van der Waals surface area contributed by atoms with Crippen LogP contribution in [0.4, 0.5) is 0 Å². The Morgan fingerprint density at radius 1 is 1.40 bits per heavy atom. The van der Waals surface area contributed by atoms with Crippen LogP contribution in [0, 0.1) is 0 Å². The average Bonchev–Trinajstić information content (AvgIpc) is 3.40. The summed E-state index contributed by atoms with van der Waals surface area (Å²) in [7, 11) is 0. The summed E-state index contributed by atoms with van der Waals surface area (Å²) in [5.41, 5.74) is 1.84. The average molecular weight is 519 g/mol. The van der Waals surface area contributed by atoms with Gasteiger partial charge in [0.25, 0.3) is 6.47 Å². The molecule has 0 saturated carbocycles. The van der Waals surface area contributed by atoms with E-state index in [4.69, 9.17) is 30.8 Å². The summed E-state index contributed by atoms with van der Waals surface area (Å²) in [6.07, 6.45) is 2.23. The normalized spacial score (nSPS) is 20.7. The number of carbonyl (C=O) groups is 2. The van der Waals surface area contributed by atoms with Gasteiger partial charge in [-0.2, -0.15) is 0 Å². The van der Waals surface area contributed by atoms with Gasteiger partial charge in [-0.1, -0.05) is 29.8 Å². The Kier molecular flexibility index (Phi) is 8.86. The molecule has 0 aliphatic carbocycles. The van der Waals surface area contributed by atoms with Crippen molar-refractivity contribution in [3.63, 3.8) is 0 Å². The van der Waals surface area contributed by atoms with Crippen molar-refractivity contribution in [2.24, 2.45) is 4.99 Å². The van der Waals surface area contributed by atoms with E-state index < -0.39 is 12.0 Å². The second-order valence-corrected chi connectivity index (χ2v) is 9.26. The number of aliphatic imine (C=N–C) groups is 1. The summed E-state index contributed by atoms with van der Waals surface area (Å²) in [4.78, 5) is 35.2. The fraction of sp³-hybridized carbons (Fsp3) is 0.417. The molecule has 11 heteroatoms. The molecule has 0 radical (unpaired) electrons. The summed E-state index contributed by atoms with van der Waals surface area (Å²) < 4.78 is 16.1. The molecular weight excluding hydrogens is 492 g/mol. The van der Waals surface area contributed by atoms with E-state index >= 15 is 0 Å². The van der Waals surface area contributed by atoms with E-state index in [1.54, 1.807) is 19.2 Å². The Morgan fingerprint density at radius 2 is 2.26 bits per heavy atom. The molecular formula is C24H27ClN4O5S. The monoisotopic (exact) mass is 518 g/mol. The second-order valence-electron chi connectivity index (χ2n) is 7.96. The van der Waals surface area contributed by atoms with Crippen LogP contribution in [0.25, 0.3) is 0 Å². The van der Waals surface area contributed by atoms with Gasteiger partial charge in [-0.3, -0.25) is 14.7 Å². The lowest BCUT2D eigenvalue weighted by Gasteiger charge is -2.35. The summed E-state index contributed by atoms with van der Waals surface area (Å²) in [6, 6.07) is 6.73. The molecule has 1 saturated heterocycles. The zero-order valence-electron chi connectivity index (χ0n) is 19.3. The Morgan fingerprint density at radius 3 is 3.00 bits per heavy atom. The smallest absolute Gasteiger partial charge is 0.338 e. The van der Waals surface area contributed by atoms with Crippen LogP contribution in [-0.2, 0) is 23.8 Å². The number of nitrogens with one attached hydrogen (secondary N) is 1. The molecule has 1 fully saturated rings. The van der Waals surface area contributed by atoms with Crippen LogP contribution in [0.1, 0.15) is 30.0 Å². The number of thiazole rings is 1. The van der Waals surface area contributed by atoms with Crippen LogP contribution in [0.5, 0.6) is 0 Å². The number of halogens is 1. The van der Waals surface area contributed by atoms with Crippen molar-refractivity contribution in [1.29, 1.82) is 0 Å². The lowest BCUT2D eigenvalue weighted by molar-refractivity contribution is -0.139. The summed E-state index contributed by atoms with van der Waals surface area (Å²) >= 11 is 8.01.